The van der Waals surface area contributed by atoms with E-state index in [0.29, 0.717) is 18.7 Å². The SMILES string of the molecule is O=C(O)[C@H]1CCCN(C(=O)/C=C/c2ccco2)C1. The number of nitrogens with zero attached hydrogens (tertiary/aromatic N) is 1. The number of furan rings is 1. The molecule has 0 radical (unpaired) electrons. The summed E-state index contributed by atoms with van der Waals surface area (Å²) >= 11 is 0. The summed E-state index contributed by atoms with van der Waals surface area (Å²) in [6, 6.07) is 3.49. The molecular formula is C13H15NO4. The van der Waals surface area contributed by atoms with E-state index in [-0.39, 0.29) is 12.5 Å². The van der Waals surface area contributed by atoms with Gasteiger partial charge in [0.25, 0.3) is 0 Å². The molecule has 2 heterocycles. The number of carbonyl (C=O) groups is 2. The summed E-state index contributed by atoms with van der Waals surface area (Å²) < 4.78 is 5.08. The molecule has 96 valence electrons. The largest absolute Gasteiger partial charge is 0.481 e. The fraction of sp³-hybridized carbons (Fsp3) is 0.385. The van der Waals surface area contributed by atoms with Crippen molar-refractivity contribution in [3.8, 4) is 0 Å². The van der Waals surface area contributed by atoms with Crippen LogP contribution in [0.25, 0.3) is 6.08 Å². The number of hydrogen-bond donors (Lipinski definition) is 1. The third-order valence-electron chi connectivity index (χ3n) is 3.02. The number of aliphatic carboxylic acids is 1. The zero-order valence-electron chi connectivity index (χ0n) is 9.91. The molecule has 1 aliphatic rings. The number of amides is 1. The van der Waals surface area contributed by atoms with Gasteiger partial charge in [-0.2, -0.15) is 0 Å². The highest BCUT2D eigenvalue weighted by atomic mass is 16.4. The maximum atomic E-state index is 11.9. The van der Waals surface area contributed by atoms with E-state index in [4.69, 9.17) is 9.52 Å². The van der Waals surface area contributed by atoms with Gasteiger partial charge in [0.05, 0.1) is 12.2 Å². The van der Waals surface area contributed by atoms with Gasteiger partial charge < -0.3 is 14.4 Å². The highest BCUT2D eigenvalue weighted by Crippen LogP contribution is 2.17. The Morgan fingerprint density at radius 3 is 3.00 bits per heavy atom. The van der Waals surface area contributed by atoms with Crippen LogP contribution < -0.4 is 0 Å². The van der Waals surface area contributed by atoms with Gasteiger partial charge in [0.1, 0.15) is 5.76 Å². The molecule has 1 amide bonds. The summed E-state index contributed by atoms with van der Waals surface area (Å²) in [5.74, 6) is -0.838. The van der Waals surface area contributed by atoms with Gasteiger partial charge in [-0.25, -0.2) is 0 Å². The molecule has 0 unspecified atom stereocenters. The number of carboxylic acids is 1. The molecule has 5 heteroatoms. The van der Waals surface area contributed by atoms with Crippen molar-refractivity contribution in [1.82, 2.24) is 4.90 Å². The first-order valence-corrected chi connectivity index (χ1v) is 5.90. The summed E-state index contributed by atoms with van der Waals surface area (Å²) in [6.07, 6.45) is 5.92. The van der Waals surface area contributed by atoms with Gasteiger partial charge >= 0.3 is 5.97 Å². The van der Waals surface area contributed by atoms with Crippen molar-refractivity contribution >= 4 is 18.0 Å². The Balaban J connectivity index is 1.94. The zero-order chi connectivity index (χ0) is 13.0. The van der Waals surface area contributed by atoms with Crippen molar-refractivity contribution in [2.24, 2.45) is 5.92 Å². The molecule has 1 aromatic heterocycles. The lowest BCUT2D eigenvalue weighted by atomic mass is 9.98. The van der Waals surface area contributed by atoms with E-state index in [1.807, 2.05) is 0 Å². The first kappa shape index (κ1) is 12.4. The van der Waals surface area contributed by atoms with Crippen LogP contribution in [0.15, 0.2) is 28.9 Å². The average Bonchev–Trinajstić information content (AvgIpc) is 2.89. The van der Waals surface area contributed by atoms with Gasteiger partial charge in [0, 0.05) is 19.2 Å². The second-order valence-corrected chi connectivity index (χ2v) is 4.31. The summed E-state index contributed by atoms with van der Waals surface area (Å²) in [7, 11) is 0. The highest BCUT2D eigenvalue weighted by Gasteiger charge is 2.27. The van der Waals surface area contributed by atoms with E-state index < -0.39 is 11.9 Å². The maximum absolute atomic E-state index is 11.9. The van der Waals surface area contributed by atoms with Crippen molar-refractivity contribution in [2.45, 2.75) is 12.8 Å². The minimum absolute atomic E-state index is 0.169. The molecule has 18 heavy (non-hydrogen) atoms. The monoisotopic (exact) mass is 249 g/mol. The minimum atomic E-state index is -0.831. The molecule has 1 aliphatic heterocycles. The Bertz CT molecular complexity index is 450. The molecule has 0 aliphatic carbocycles. The Labute approximate surface area is 105 Å². The maximum Gasteiger partial charge on any atom is 0.308 e. The van der Waals surface area contributed by atoms with Crippen LogP contribution in [0.3, 0.4) is 0 Å². The summed E-state index contributed by atoms with van der Waals surface area (Å²) in [6.45, 7) is 0.905. The van der Waals surface area contributed by atoms with E-state index in [2.05, 4.69) is 0 Å². The molecule has 2 rings (SSSR count). The number of piperidine rings is 1. The lowest BCUT2D eigenvalue weighted by Gasteiger charge is -2.29. The molecule has 0 aromatic carbocycles. The average molecular weight is 249 g/mol. The van der Waals surface area contributed by atoms with E-state index in [1.54, 1.807) is 23.1 Å². The quantitative estimate of drug-likeness (QED) is 0.826. The third-order valence-corrected chi connectivity index (χ3v) is 3.02. The third kappa shape index (κ3) is 3.00. The van der Waals surface area contributed by atoms with E-state index >= 15 is 0 Å². The van der Waals surface area contributed by atoms with Gasteiger partial charge in [-0.1, -0.05) is 0 Å². The second-order valence-electron chi connectivity index (χ2n) is 4.31. The molecule has 0 saturated carbocycles. The fourth-order valence-electron chi connectivity index (χ4n) is 2.02. The number of carboxylic acid groups (broad SMARTS) is 1. The van der Waals surface area contributed by atoms with Gasteiger partial charge in [0.15, 0.2) is 0 Å². The summed E-state index contributed by atoms with van der Waals surface area (Å²) in [5, 5.41) is 8.95. The molecule has 1 aromatic rings. The Kier molecular flexibility index (Phi) is 3.82. The minimum Gasteiger partial charge on any atom is -0.481 e. The first-order valence-electron chi connectivity index (χ1n) is 5.90. The lowest BCUT2D eigenvalue weighted by Crippen LogP contribution is -2.41. The van der Waals surface area contributed by atoms with Crippen LogP contribution in [0.5, 0.6) is 0 Å². The van der Waals surface area contributed by atoms with Crippen molar-refractivity contribution in [3.05, 3.63) is 30.2 Å². The predicted molar refractivity (Wildman–Crippen MR) is 64.7 cm³/mol. The van der Waals surface area contributed by atoms with Gasteiger partial charge in [0.2, 0.25) is 5.91 Å². The van der Waals surface area contributed by atoms with Gasteiger partial charge in [-0.15, -0.1) is 0 Å². The number of rotatable bonds is 3. The van der Waals surface area contributed by atoms with Gasteiger partial charge in [-0.3, -0.25) is 9.59 Å². The first-order chi connectivity index (χ1) is 8.66. The van der Waals surface area contributed by atoms with Crippen molar-refractivity contribution in [3.63, 3.8) is 0 Å². The van der Waals surface area contributed by atoms with Crippen LogP contribution in [-0.2, 0) is 9.59 Å². The van der Waals surface area contributed by atoms with E-state index in [0.717, 1.165) is 6.42 Å². The second kappa shape index (κ2) is 5.53. The number of hydrogen-bond acceptors (Lipinski definition) is 3. The molecule has 0 bridgehead atoms. The van der Waals surface area contributed by atoms with Crippen molar-refractivity contribution in [1.29, 1.82) is 0 Å². The standard InChI is InChI=1S/C13H15NO4/c15-12(6-5-11-4-2-8-18-11)14-7-1-3-10(9-14)13(16)17/h2,4-6,8,10H,1,3,7,9H2,(H,16,17)/b6-5+/t10-/m0/s1. The lowest BCUT2D eigenvalue weighted by molar-refractivity contribution is -0.144. The highest BCUT2D eigenvalue weighted by molar-refractivity contribution is 5.91. The van der Waals surface area contributed by atoms with Crippen LogP contribution in [0.4, 0.5) is 0 Å². The summed E-state index contributed by atoms with van der Waals surface area (Å²) in [4.78, 5) is 24.3. The van der Waals surface area contributed by atoms with Crippen molar-refractivity contribution in [2.75, 3.05) is 13.1 Å². The number of likely N-dealkylation sites (tertiary alicyclic amines) is 1. The molecule has 1 saturated heterocycles. The van der Waals surface area contributed by atoms with Crippen LogP contribution in [0, 0.1) is 5.92 Å². The van der Waals surface area contributed by atoms with E-state index in [9.17, 15) is 9.59 Å². The molecule has 1 fully saturated rings. The predicted octanol–water partition coefficient (Wildman–Crippen LogP) is 1.62. The van der Waals surface area contributed by atoms with Crippen LogP contribution in [0.1, 0.15) is 18.6 Å². The molecule has 0 spiro atoms. The van der Waals surface area contributed by atoms with Crippen LogP contribution in [-0.4, -0.2) is 35.0 Å². The molecule has 1 atom stereocenters. The Morgan fingerprint density at radius 2 is 2.33 bits per heavy atom. The Hall–Kier alpha value is -2.04. The van der Waals surface area contributed by atoms with Crippen molar-refractivity contribution < 1.29 is 19.1 Å². The van der Waals surface area contributed by atoms with Crippen LogP contribution in [0.2, 0.25) is 0 Å². The summed E-state index contributed by atoms with van der Waals surface area (Å²) in [5.41, 5.74) is 0. The van der Waals surface area contributed by atoms with Gasteiger partial charge in [-0.05, 0) is 31.1 Å². The molecular weight excluding hydrogens is 234 g/mol. The fourth-order valence-corrected chi connectivity index (χ4v) is 2.02. The topological polar surface area (TPSA) is 70.8 Å². The zero-order valence-corrected chi connectivity index (χ0v) is 9.91. The normalized spacial score (nSPS) is 20.2. The molecule has 5 nitrogen and oxygen atoms in total. The van der Waals surface area contributed by atoms with E-state index in [1.165, 1.54) is 12.3 Å². The smallest absolute Gasteiger partial charge is 0.308 e. The van der Waals surface area contributed by atoms with Crippen LogP contribution >= 0.6 is 0 Å². The molecule has 1 N–H and O–H groups in total. The number of carbonyl (C=O) groups excluding carboxylic acids is 1. The Morgan fingerprint density at radius 1 is 1.50 bits per heavy atom.